The molecular formula is C13H15O4-. The monoisotopic (exact) mass is 235 g/mol. The Morgan fingerprint density at radius 1 is 1.29 bits per heavy atom. The lowest BCUT2D eigenvalue weighted by Crippen LogP contribution is -2.48. The fourth-order valence-electron chi connectivity index (χ4n) is 1.52. The normalized spacial score (nSPS) is 13.8. The van der Waals surface area contributed by atoms with Gasteiger partial charge in [-0.15, -0.1) is 0 Å². The van der Waals surface area contributed by atoms with Crippen LogP contribution in [0, 0.1) is 5.41 Å². The van der Waals surface area contributed by atoms with Crippen LogP contribution in [0.25, 0.3) is 0 Å². The fourth-order valence-corrected chi connectivity index (χ4v) is 1.52. The number of carboxylic acid groups (broad SMARTS) is 1. The summed E-state index contributed by atoms with van der Waals surface area (Å²) in [6.45, 7) is 3.11. The van der Waals surface area contributed by atoms with Crippen molar-refractivity contribution in [3.8, 4) is 0 Å². The molecule has 0 fully saturated rings. The minimum absolute atomic E-state index is 0.0645. The Hall–Kier alpha value is -1.84. The lowest BCUT2D eigenvalue weighted by molar-refractivity contribution is -0.317. The van der Waals surface area contributed by atoms with Crippen LogP contribution in [0.1, 0.15) is 19.4 Å². The smallest absolute Gasteiger partial charge is 0.317 e. The van der Waals surface area contributed by atoms with Crippen LogP contribution in [0.15, 0.2) is 30.3 Å². The zero-order valence-electron chi connectivity index (χ0n) is 9.93. The number of carbonyl (C=O) groups is 2. The number of benzene rings is 1. The number of hydrogen-bond acceptors (Lipinski definition) is 4. The Kier molecular flexibility index (Phi) is 4.26. The van der Waals surface area contributed by atoms with E-state index in [1.807, 2.05) is 6.07 Å². The van der Waals surface area contributed by atoms with Crippen LogP contribution in [0.5, 0.6) is 0 Å². The average Bonchev–Trinajstić information content (AvgIpc) is 2.30. The summed E-state index contributed by atoms with van der Waals surface area (Å²) in [6, 6.07) is 8.93. The summed E-state index contributed by atoms with van der Waals surface area (Å²) in [5.74, 6) is -2.18. The van der Waals surface area contributed by atoms with Crippen molar-refractivity contribution in [1.29, 1.82) is 0 Å². The molecule has 0 bridgehead atoms. The van der Waals surface area contributed by atoms with E-state index < -0.39 is 17.4 Å². The van der Waals surface area contributed by atoms with Crippen molar-refractivity contribution in [2.24, 2.45) is 5.41 Å². The number of rotatable bonds is 5. The van der Waals surface area contributed by atoms with Crippen LogP contribution < -0.4 is 5.11 Å². The first kappa shape index (κ1) is 13.2. The third-order valence-corrected chi connectivity index (χ3v) is 2.58. The Morgan fingerprint density at radius 3 is 2.35 bits per heavy atom. The molecule has 1 aromatic rings. The Labute approximate surface area is 100 Å². The second-order valence-electron chi connectivity index (χ2n) is 4.00. The molecule has 0 aliphatic carbocycles. The van der Waals surface area contributed by atoms with Gasteiger partial charge in [-0.25, -0.2) is 0 Å². The maximum absolute atomic E-state index is 11.7. The minimum Gasteiger partial charge on any atom is -0.549 e. The van der Waals surface area contributed by atoms with Crippen molar-refractivity contribution in [3.05, 3.63) is 35.9 Å². The number of hydrogen-bond donors (Lipinski definition) is 0. The predicted molar refractivity (Wildman–Crippen MR) is 59.9 cm³/mol. The van der Waals surface area contributed by atoms with E-state index in [9.17, 15) is 14.7 Å². The molecule has 0 N–H and O–H groups in total. The highest BCUT2D eigenvalue weighted by atomic mass is 16.5. The van der Waals surface area contributed by atoms with Crippen LogP contribution in [-0.2, 0) is 20.7 Å². The molecule has 1 atom stereocenters. The van der Waals surface area contributed by atoms with Gasteiger partial charge in [-0.05, 0) is 25.8 Å². The summed E-state index contributed by atoms with van der Waals surface area (Å²) in [6.07, 6.45) is 0.0645. The first-order valence-corrected chi connectivity index (χ1v) is 5.43. The zero-order chi connectivity index (χ0) is 12.9. The van der Waals surface area contributed by atoms with Crippen LogP contribution in [0.2, 0.25) is 0 Å². The molecular weight excluding hydrogens is 220 g/mol. The molecule has 92 valence electrons. The van der Waals surface area contributed by atoms with Crippen molar-refractivity contribution in [3.63, 3.8) is 0 Å². The number of carbonyl (C=O) groups excluding carboxylic acids is 2. The SMILES string of the molecule is CCOC(=O)C(C)(Cc1ccccc1)C(=O)[O-]. The van der Waals surface area contributed by atoms with Crippen molar-refractivity contribution in [2.45, 2.75) is 20.3 Å². The van der Waals surface area contributed by atoms with E-state index in [4.69, 9.17) is 4.74 Å². The van der Waals surface area contributed by atoms with Crippen LogP contribution in [0.4, 0.5) is 0 Å². The van der Waals surface area contributed by atoms with Gasteiger partial charge in [0.1, 0.15) is 5.41 Å². The van der Waals surface area contributed by atoms with Gasteiger partial charge in [-0.2, -0.15) is 0 Å². The molecule has 0 aromatic heterocycles. The van der Waals surface area contributed by atoms with Gasteiger partial charge in [0.2, 0.25) is 0 Å². The first-order valence-electron chi connectivity index (χ1n) is 5.43. The van der Waals surface area contributed by atoms with Gasteiger partial charge in [0.15, 0.2) is 0 Å². The van der Waals surface area contributed by atoms with Gasteiger partial charge in [-0.1, -0.05) is 30.3 Å². The largest absolute Gasteiger partial charge is 0.549 e. The third kappa shape index (κ3) is 3.06. The van der Waals surface area contributed by atoms with E-state index in [1.54, 1.807) is 31.2 Å². The van der Waals surface area contributed by atoms with Crippen LogP contribution in [-0.4, -0.2) is 18.5 Å². The van der Waals surface area contributed by atoms with Crippen LogP contribution >= 0.6 is 0 Å². The topological polar surface area (TPSA) is 66.4 Å². The zero-order valence-corrected chi connectivity index (χ0v) is 9.93. The van der Waals surface area contributed by atoms with Crippen molar-refractivity contribution in [1.82, 2.24) is 0 Å². The number of aliphatic carboxylic acids is 1. The Balaban J connectivity index is 2.93. The first-order chi connectivity index (χ1) is 8.00. The average molecular weight is 235 g/mol. The molecule has 4 heteroatoms. The van der Waals surface area contributed by atoms with Crippen molar-refractivity contribution < 1.29 is 19.4 Å². The maximum atomic E-state index is 11.7. The molecule has 4 nitrogen and oxygen atoms in total. The summed E-state index contributed by atoms with van der Waals surface area (Å²) in [7, 11) is 0. The molecule has 0 saturated carbocycles. The highest BCUT2D eigenvalue weighted by molar-refractivity contribution is 5.98. The Morgan fingerprint density at radius 2 is 1.88 bits per heavy atom. The summed E-state index contributed by atoms with van der Waals surface area (Å²) in [5, 5.41) is 11.1. The molecule has 0 aliphatic rings. The summed E-state index contributed by atoms with van der Waals surface area (Å²) in [5.41, 5.74) is -0.885. The highest BCUT2D eigenvalue weighted by Gasteiger charge is 2.36. The number of esters is 1. The quantitative estimate of drug-likeness (QED) is 0.552. The van der Waals surface area contributed by atoms with Crippen molar-refractivity contribution >= 4 is 11.9 Å². The maximum Gasteiger partial charge on any atom is 0.317 e. The van der Waals surface area contributed by atoms with E-state index in [2.05, 4.69) is 0 Å². The van der Waals surface area contributed by atoms with E-state index in [-0.39, 0.29) is 13.0 Å². The van der Waals surface area contributed by atoms with Crippen LogP contribution in [0.3, 0.4) is 0 Å². The van der Waals surface area contributed by atoms with Gasteiger partial charge in [-0.3, -0.25) is 4.79 Å². The van der Waals surface area contributed by atoms with Gasteiger partial charge < -0.3 is 14.6 Å². The fraction of sp³-hybridized carbons (Fsp3) is 0.385. The number of carboxylic acids is 1. The van der Waals surface area contributed by atoms with Gasteiger partial charge in [0.25, 0.3) is 0 Å². The molecule has 1 aromatic carbocycles. The molecule has 0 spiro atoms. The molecule has 0 radical (unpaired) electrons. The van der Waals surface area contributed by atoms with Crippen molar-refractivity contribution in [2.75, 3.05) is 6.61 Å². The molecule has 0 amide bonds. The molecule has 1 rings (SSSR count). The van der Waals surface area contributed by atoms with E-state index in [1.165, 1.54) is 6.92 Å². The van der Waals surface area contributed by atoms with E-state index in [0.717, 1.165) is 5.56 Å². The summed E-state index contributed by atoms with van der Waals surface area (Å²) < 4.78 is 4.78. The molecule has 17 heavy (non-hydrogen) atoms. The summed E-state index contributed by atoms with van der Waals surface area (Å²) in [4.78, 5) is 22.8. The lowest BCUT2D eigenvalue weighted by Gasteiger charge is -2.28. The highest BCUT2D eigenvalue weighted by Crippen LogP contribution is 2.24. The molecule has 0 heterocycles. The minimum atomic E-state index is -1.64. The third-order valence-electron chi connectivity index (χ3n) is 2.58. The predicted octanol–water partition coefficient (Wildman–Crippen LogP) is 0.548. The second kappa shape index (κ2) is 5.48. The molecule has 1 unspecified atom stereocenters. The van der Waals surface area contributed by atoms with E-state index >= 15 is 0 Å². The lowest BCUT2D eigenvalue weighted by atomic mass is 9.83. The standard InChI is InChI=1S/C13H16O4/c1-3-17-12(16)13(2,11(14)15)9-10-7-5-4-6-8-10/h4-8H,3,9H2,1-2H3,(H,14,15)/p-1. The second-order valence-corrected chi connectivity index (χ2v) is 4.00. The van der Waals surface area contributed by atoms with Gasteiger partial charge in [0.05, 0.1) is 12.6 Å². The van der Waals surface area contributed by atoms with E-state index in [0.29, 0.717) is 0 Å². The van der Waals surface area contributed by atoms with Gasteiger partial charge in [0, 0.05) is 0 Å². The Bertz CT molecular complexity index is 399. The molecule has 0 saturated heterocycles. The summed E-state index contributed by atoms with van der Waals surface area (Å²) >= 11 is 0. The van der Waals surface area contributed by atoms with Gasteiger partial charge >= 0.3 is 5.97 Å². The number of ether oxygens (including phenoxy) is 1. The molecule has 0 aliphatic heterocycles.